The molecule has 0 saturated carbocycles. The fraction of sp³-hybridized carbons (Fsp3) is 0.0816. The molecular formula is C98H80BN3Si2. The first kappa shape index (κ1) is 64.3. The van der Waals surface area contributed by atoms with E-state index in [9.17, 15) is 0 Å². The Morgan fingerprint density at radius 2 is 0.644 bits per heavy atom. The summed E-state index contributed by atoms with van der Waals surface area (Å²) in [6, 6.07) is 144. The van der Waals surface area contributed by atoms with Gasteiger partial charge in [0, 0.05) is 44.8 Å². The number of rotatable bonds is 13. The van der Waals surface area contributed by atoms with Crippen LogP contribution in [0.4, 0.5) is 34.1 Å². The highest BCUT2D eigenvalue weighted by Crippen LogP contribution is 2.50. The van der Waals surface area contributed by atoms with Crippen LogP contribution in [0.1, 0.15) is 52.7 Å². The molecule has 2 aliphatic heterocycles. The molecule has 0 atom stereocenters. The molecule has 1 aromatic heterocycles. The molecule has 0 spiro atoms. The van der Waals surface area contributed by atoms with Gasteiger partial charge in [-0.25, -0.2) is 0 Å². The van der Waals surface area contributed by atoms with Crippen molar-refractivity contribution in [2.45, 2.75) is 52.4 Å². The second-order valence-corrected chi connectivity index (χ2v) is 38.0. The van der Waals surface area contributed by atoms with E-state index in [0.717, 1.165) is 56.3 Å². The normalized spacial score (nSPS) is 12.8. The molecule has 15 aromatic carbocycles. The van der Waals surface area contributed by atoms with Crippen LogP contribution < -0.4 is 67.7 Å². The lowest BCUT2D eigenvalue weighted by Crippen LogP contribution is -2.75. The zero-order chi connectivity index (χ0) is 70.3. The molecule has 0 saturated heterocycles. The summed E-state index contributed by atoms with van der Waals surface area (Å²) in [4.78, 5) is 5.39. The summed E-state index contributed by atoms with van der Waals surface area (Å²) < 4.78 is 2.55. The van der Waals surface area contributed by atoms with Crippen LogP contribution in [0.15, 0.2) is 376 Å². The van der Waals surface area contributed by atoms with E-state index in [1.54, 1.807) is 0 Å². The number of benzene rings is 15. The minimum atomic E-state index is -3.16. The van der Waals surface area contributed by atoms with Crippen molar-refractivity contribution in [3.05, 3.63) is 387 Å². The van der Waals surface area contributed by atoms with Gasteiger partial charge in [0.05, 0.1) is 22.4 Å². The van der Waals surface area contributed by atoms with Crippen molar-refractivity contribution in [2.75, 3.05) is 9.80 Å². The maximum absolute atomic E-state index is 3.16. The van der Waals surface area contributed by atoms with Crippen molar-refractivity contribution in [3.63, 3.8) is 0 Å². The molecule has 498 valence electrons. The highest BCUT2D eigenvalue weighted by atomic mass is 28.3. The second-order valence-electron chi connectivity index (χ2n) is 30.3. The van der Waals surface area contributed by atoms with Crippen LogP contribution in [0.5, 0.6) is 0 Å². The van der Waals surface area contributed by atoms with E-state index < -0.39 is 16.1 Å². The van der Waals surface area contributed by atoms with Crippen LogP contribution in [0, 0.1) is 0 Å². The predicted molar refractivity (Wildman–Crippen MR) is 450 cm³/mol. The summed E-state index contributed by atoms with van der Waals surface area (Å²) in [5.74, 6) is 0. The van der Waals surface area contributed by atoms with E-state index in [1.807, 2.05) is 0 Å². The van der Waals surface area contributed by atoms with Gasteiger partial charge in [-0.05, 0) is 157 Å². The van der Waals surface area contributed by atoms with Gasteiger partial charge in [-0.3, -0.25) is 0 Å². The van der Waals surface area contributed by atoms with Crippen molar-refractivity contribution >= 4 is 137 Å². The Kier molecular flexibility index (Phi) is 15.8. The molecule has 0 fully saturated rings. The SMILES string of the molecule is CC(C)(C)c1ccc(-c2ccc3c(c2)N(c2cccc([Si](c4ccccc4)(c4ccccc4)c4ccccc4)c2)c2cc(-n4c5ccccc5c5ccccc54)cc4c2B3c2ccc([Si](c3ccccc3)(c3ccccc3)c3ccccc3)cc2N4c2ccc(C(C)(C)C)cc2-c2ccccc2)cc1. The minimum absolute atomic E-state index is 0.00642. The first-order valence-electron chi connectivity index (χ1n) is 36.7. The lowest BCUT2D eigenvalue weighted by Gasteiger charge is -2.46. The van der Waals surface area contributed by atoms with Crippen molar-refractivity contribution in [1.29, 1.82) is 0 Å². The zero-order valence-electron chi connectivity index (χ0n) is 59.7. The van der Waals surface area contributed by atoms with E-state index >= 15 is 0 Å². The average Bonchev–Trinajstić information content (AvgIpc) is 0.771. The summed E-state index contributed by atoms with van der Waals surface area (Å²) in [6.45, 7) is 13.7. The topological polar surface area (TPSA) is 11.4 Å². The third-order valence-electron chi connectivity index (χ3n) is 22.4. The highest BCUT2D eigenvalue weighted by molar-refractivity contribution is 7.20. The molecule has 0 aliphatic carbocycles. The molecule has 0 amide bonds. The number of anilines is 6. The summed E-state index contributed by atoms with van der Waals surface area (Å²) in [5.41, 5.74) is 21.1. The monoisotopic (exact) mass is 1370 g/mol. The Morgan fingerprint density at radius 1 is 0.250 bits per heavy atom. The molecule has 6 heteroatoms. The zero-order valence-corrected chi connectivity index (χ0v) is 61.7. The molecule has 16 aromatic rings. The third kappa shape index (κ3) is 10.5. The molecule has 2 aliphatic rings. The van der Waals surface area contributed by atoms with Gasteiger partial charge in [-0.1, -0.05) is 357 Å². The van der Waals surface area contributed by atoms with E-state index in [-0.39, 0.29) is 17.5 Å². The maximum Gasteiger partial charge on any atom is 0.252 e. The maximum atomic E-state index is 2.71. The fourth-order valence-corrected chi connectivity index (χ4v) is 27.0. The number of nitrogens with zero attached hydrogens (tertiary/aromatic N) is 3. The lowest BCUT2D eigenvalue weighted by molar-refractivity contribution is 0.590. The molecule has 3 heterocycles. The molecule has 0 N–H and O–H groups in total. The van der Waals surface area contributed by atoms with Gasteiger partial charge in [-0.2, -0.15) is 0 Å². The van der Waals surface area contributed by atoms with E-state index in [4.69, 9.17) is 0 Å². The number of hydrogen-bond acceptors (Lipinski definition) is 2. The standard InChI is InChI=1S/C98H80BN3Si2/c1-97(2,3)72-56-53-69(54-57-72)71-55-60-87-92(63-71)100(74-35-32-48-82(65-74)103(76-36-16-8-17-37-76,77-38-18-9-19-39-77)78-40-20-10-21-41-78)94-66-75(101-89-51-30-28-49-84(89)85-50-29-31-52-90(85)101)67-95-96(94)99(87)88-61-59-83(104(79-42-22-11-23-43-79,80-44-24-12-25-45-80)81-46-26-13-27-47-81)68-93(88)102(95)91-62-58-73(98(4,5)6)64-86(91)70-33-14-7-15-34-70/h7-68H,1-6H3. The van der Waals surface area contributed by atoms with E-state index in [2.05, 4.69) is 432 Å². The van der Waals surface area contributed by atoms with E-state index in [1.165, 1.54) is 96.6 Å². The van der Waals surface area contributed by atoms with Gasteiger partial charge in [0.15, 0.2) is 16.1 Å². The first-order valence-corrected chi connectivity index (χ1v) is 40.7. The molecule has 0 radical (unpaired) electrons. The molecule has 0 unspecified atom stereocenters. The summed E-state index contributed by atoms with van der Waals surface area (Å²) >= 11 is 0. The largest absolute Gasteiger partial charge is 0.311 e. The quantitative estimate of drug-likeness (QED) is 0.0842. The number of fused-ring (bicyclic) bond motifs is 7. The number of aromatic nitrogens is 1. The Morgan fingerprint density at radius 3 is 1.12 bits per heavy atom. The molecule has 18 rings (SSSR count). The third-order valence-corrected chi connectivity index (χ3v) is 31.9. The Hall–Kier alpha value is -11.8. The first-order chi connectivity index (χ1) is 50.9. The van der Waals surface area contributed by atoms with Crippen molar-refractivity contribution in [2.24, 2.45) is 0 Å². The van der Waals surface area contributed by atoms with Crippen LogP contribution in [0.25, 0.3) is 49.7 Å². The van der Waals surface area contributed by atoms with Crippen molar-refractivity contribution < 1.29 is 0 Å². The smallest absolute Gasteiger partial charge is 0.252 e. The van der Waals surface area contributed by atoms with Crippen molar-refractivity contribution in [3.8, 4) is 27.9 Å². The van der Waals surface area contributed by atoms with Gasteiger partial charge >= 0.3 is 0 Å². The highest BCUT2D eigenvalue weighted by Gasteiger charge is 2.48. The van der Waals surface area contributed by atoms with Gasteiger partial charge in [0.2, 0.25) is 0 Å². The van der Waals surface area contributed by atoms with Gasteiger partial charge in [0.1, 0.15) is 0 Å². The number of para-hydroxylation sites is 2. The summed E-state index contributed by atoms with van der Waals surface area (Å²) in [6.07, 6.45) is 0. The van der Waals surface area contributed by atoms with Crippen LogP contribution in [0.3, 0.4) is 0 Å². The Balaban J connectivity index is 1.01. The van der Waals surface area contributed by atoms with Crippen molar-refractivity contribution in [1.82, 2.24) is 4.57 Å². The van der Waals surface area contributed by atoms with Crippen LogP contribution in [-0.2, 0) is 10.8 Å². The van der Waals surface area contributed by atoms with Gasteiger partial charge < -0.3 is 14.4 Å². The lowest BCUT2D eigenvalue weighted by atomic mass is 9.33. The molecule has 104 heavy (non-hydrogen) atoms. The predicted octanol–water partition coefficient (Wildman–Crippen LogP) is 17.6. The molecular weight excluding hydrogens is 1290 g/mol. The Labute approximate surface area is 614 Å². The van der Waals surface area contributed by atoms with Gasteiger partial charge in [-0.15, -0.1) is 0 Å². The minimum Gasteiger partial charge on any atom is -0.311 e. The average molecular weight is 1370 g/mol. The Bertz CT molecular complexity index is 5630. The van der Waals surface area contributed by atoms with Crippen LogP contribution >= 0.6 is 0 Å². The number of hydrogen-bond donors (Lipinski definition) is 0. The van der Waals surface area contributed by atoms with Gasteiger partial charge in [0.25, 0.3) is 6.71 Å². The summed E-state index contributed by atoms with van der Waals surface area (Å²) in [5, 5.41) is 13.0. The van der Waals surface area contributed by atoms with Crippen LogP contribution in [-0.4, -0.2) is 27.4 Å². The summed E-state index contributed by atoms with van der Waals surface area (Å²) in [7, 11) is -6.24. The second kappa shape index (κ2) is 25.6. The van der Waals surface area contributed by atoms with E-state index in [0.29, 0.717) is 0 Å². The molecule has 0 bridgehead atoms. The fourth-order valence-electron chi connectivity index (χ4n) is 17.5. The van der Waals surface area contributed by atoms with Crippen LogP contribution in [0.2, 0.25) is 0 Å². The molecule has 3 nitrogen and oxygen atoms in total.